The fourth-order valence-corrected chi connectivity index (χ4v) is 3.66. The molecular formula is C18H28O3. The van der Waals surface area contributed by atoms with Gasteiger partial charge in [0, 0.05) is 5.41 Å². The summed E-state index contributed by atoms with van der Waals surface area (Å²) in [7, 11) is 1.43. The summed E-state index contributed by atoms with van der Waals surface area (Å²) in [6.45, 7) is 12.9. The molecule has 1 rings (SSSR count). The molecule has 0 aliphatic carbocycles. The maximum Gasteiger partial charge on any atom is 0.306 e. The van der Waals surface area contributed by atoms with Crippen LogP contribution in [-0.2, 0) is 14.9 Å². The van der Waals surface area contributed by atoms with Gasteiger partial charge in [-0.15, -0.1) is 0 Å². The highest BCUT2D eigenvalue weighted by Gasteiger charge is 2.53. The van der Waals surface area contributed by atoms with Crippen molar-refractivity contribution in [1.29, 1.82) is 0 Å². The Morgan fingerprint density at radius 2 is 1.43 bits per heavy atom. The Labute approximate surface area is 128 Å². The number of benzene rings is 1. The zero-order valence-electron chi connectivity index (χ0n) is 14.3. The van der Waals surface area contributed by atoms with E-state index in [1.54, 1.807) is 12.1 Å². The van der Waals surface area contributed by atoms with Crippen molar-refractivity contribution in [1.82, 2.24) is 0 Å². The standard InChI is InChI=1S/C18H28O3/c1-16(2,3)18(17(4,5)6,12-15(20)21-7)13-8-10-14(19)11-9-13/h8-11,19H,12H2,1-7H3. The van der Waals surface area contributed by atoms with E-state index >= 15 is 0 Å². The minimum absolute atomic E-state index is 0.156. The molecule has 0 spiro atoms. The lowest BCUT2D eigenvalue weighted by Crippen LogP contribution is -2.51. The van der Waals surface area contributed by atoms with E-state index in [0.717, 1.165) is 5.56 Å². The van der Waals surface area contributed by atoms with Gasteiger partial charge in [-0.3, -0.25) is 4.79 Å². The van der Waals surface area contributed by atoms with Crippen molar-refractivity contribution in [3.63, 3.8) is 0 Å². The highest BCUT2D eigenvalue weighted by molar-refractivity contribution is 5.72. The van der Waals surface area contributed by atoms with Gasteiger partial charge in [0.2, 0.25) is 0 Å². The van der Waals surface area contributed by atoms with Gasteiger partial charge in [0.05, 0.1) is 13.5 Å². The van der Waals surface area contributed by atoms with Crippen LogP contribution in [0.5, 0.6) is 5.75 Å². The zero-order chi connectivity index (χ0) is 16.5. The molecule has 0 unspecified atom stereocenters. The summed E-state index contributed by atoms with van der Waals surface area (Å²) in [6, 6.07) is 7.18. The summed E-state index contributed by atoms with van der Waals surface area (Å²) in [6.07, 6.45) is 0.307. The normalized spacial score (nSPS) is 13.1. The third kappa shape index (κ3) is 3.22. The lowest BCUT2D eigenvalue weighted by atomic mass is 9.50. The summed E-state index contributed by atoms with van der Waals surface area (Å²) in [5, 5.41) is 9.56. The number of rotatable bonds is 3. The van der Waals surface area contributed by atoms with Crippen LogP contribution in [0.4, 0.5) is 0 Å². The van der Waals surface area contributed by atoms with Crippen molar-refractivity contribution in [3.05, 3.63) is 29.8 Å². The first-order chi connectivity index (χ1) is 9.45. The maximum atomic E-state index is 12.1. The van der Waals surface area contributed by atoms with Gasteiger partial charge in [0.1, 0.15) is 5.75 Å². The molecule has 118 valence electrons. The second-order valence-corrected chi connectivity index (χ2v) is 7.71. The molecule has 1 aromatic rings. The molecule has 0 radical (unpaired) electrons. The van der Waals surface area contributed by atoms with Crippen LogP contribution in [0.25, 0.3) is 0 Å². The third-order valence-corrected chi connectivity index (χ3v) is 4.56. The molecule has 0 atom stereocenters. The minimum atomic E-state index is -0.402. The molecule has 0 aliphatic rings. The Kier molecular flexibility index (Phi) is 4.76. The molecule has 3 nitrogen and oxygen atoms in total. The molecule has 0 heterocycles. The van der Waals surface area contributed by atoms with Gasteiger partial charge in [-0.1, -0.05) is 53.7 Å². The molecule has 0 aliphatic heterocycles. The number of esters is 1. The van der Waals surface area contributed by atoms with Crippen molar-refractivity contribution in [2.75, 3.05) is 7.11 Å². The molecule has 3 heteroatoms. The monoisotopic (exact) mass is 292 g/mol. The predicted octanol–water partition coefficient (Wildman–Crippen LogP) is 4.29. The lowest BCUT2D eigenvalue weighted by Gasteiger charge is -2.53. The first-order valence-corrected chi connectivity index (χ1v) is 7.32. The second-order valence-electron chi connectivity index (χ2n) is 7.71. The number of ether oxygens (including phenoxy) is 1. The van der Waals surface area contributed by atoms with Crippen LogP contribution < -0.4 is 0 Å². The van der Waals surface area contributed by atoms with Crippen LogP contribution in [0.3, 0.4) is 0 Å². The van der Waals surface area contributed by atoms with E-state index in [1.807, 2.05) is 12.1 Å². The number of phenols is 1. The lowest BCUT2D eigenvalue weighted by molar-refractivity contribution is -0.145. The molecule has 1 aromatic carbocycles. The fraction of sp³-hybridized carbons (Fsp3) is 0.611. The number of aromatic hydroxyl groups is 1. The number of hydrogen-bond acceptors (Lipinski definition) is 3. The van der Waals surface area contributed by atoms with Gasteiger partial charge in [-0.25, -0.2) is 0 Å². The average Bonchev–Trinajstić information content (AvgIpc) is 2.33. The maximum absolute atomic E-state index is 12.1. The van der Waals surface area contributed by atoms with E-state index in [2.05, 4.69) is 41.5 Å². The molecule has 0 bridgehead atoms. The SMILES string of the molecule is COC(=O)CC(c1ccc(O)cc1)(C(C)(C)C)C(C)(C)C. The average molecular weight is 292 g/mol. The highest BCUT2D eigenvalue weighted by atomic mass is 16.5. The fourth-order valence-electron chi connectivity index (χ4n) is 3.66. The van der Waals surface area contributed by atoms with Gasteiger partial charge < -0.3 is 9.84 Å². The smallest absolute Gasteiger partial charge is 0.306 e. The Bertz CT molecular complexity index is 473. The quantitative estimate of drug-likeness (QED) is 0.846. The third-order valence-electron chi connectivity index (χ3n) is 4.56. The Morgan fingerprint density at radius 1 is 1.00 bits per heavy atom. The molecule has 0 amide bonds. The summed E-state index contributed by atoms with van der Waals surface area (Å²) < 4.78 is 4.95. The van der Waals surface area contributed by atoms with Crippen molar-refractivity contribution in [2.24, 2.45) is 10.8 Å². The summed E-state index contributed by atoms with van der Waals surface area (Å²) >= 11 is 0. The van der Waals surface area contributed by atoms with Crippen LogP contribution in [0.1, 0.15) is 53.5 Å². The number of carbonyl (C=O) groups excluding carboxylic acids is 1. The minimum Gasteiger partial charge on any atom is -0.508 e. The molecule has 0 saturated carbocycles. The first kappa shape index (κ1) is 17.5. The number of methoxy groups -OCH3 is 1. The van der Waals surface area contributed by atoms with Gasteiger partial charge >= 0.3 is 5.97 Å². The van der Waals surface area contributed by atoms with E-state index in [-0.39, 0.29) is 22.5 Å². The number of hydrogen-bond donors (Lipinski definition) is 1. The van der Waals surface area contributed by atoms with Gasteiger partial charge in [0.25, 0.3) is 0 Å². The first-order valence-electron chi connectivity index (χ1n) is 7.32. The number of carbonyl (C=O) groups is 1. The van der Waals surface area contributed by atoms with Gasteiger partial charge in [0.15, 0.2) is 0 Å². The van der Waals surface area contributed by atoms with Gasteiger partial charge in [-0.05, 0) is 28.5 Å². The molecular weight excluding hydrogens is 264 g/mol. The van der Waals surface area contributed by atoms with E-state index < -0.39 is 5.41 Å². The Hall–Kier alpha value is -1.51. The topological polar surface area (TPSA) is 46.5 Å². The molecule has 1 N–H and O–H groups in total. The highest BCUT2D eigenvalue weighted by Crippen LogP contribution is 2.55. The van der Waals surface area contributed by atoms with E-state index in [4.69, 9.17) is 4.74 Å². The summed E-state index contributed by atoms with van der Waals surface area (Å²) in [5.41, 5.74) is 0.332. The zero-order valence-corrected chi connectivity index (χ0v) is 14.3. The van der Waals surface area contributed by atoms with E-state index in [0.29, 0.717) is 6.42 Å². The molecule has 0 saturated heterocycles. The van der Waals surface area contributed by atoms with Crippen molar-refractivity contribution < 1.29 is 14.6 Å². The largest absolute Gasteiger partial charge is 0.508 e. The number of phenolic OH excluding ortho intramolecular Hbond substituents is 1. The Morgan fingerprint density at radius 3 is 1.76 bits per heavy atom. The summed E-state index contributed by atoms with van der Waals surface area (Å²) in [5.74, 6) is 0.0152. The summed E-state index contributed by atoms with van der Waals surface area (Å²) in [4.78, 5) is 12.1. The van der Waals surface area contributed by atoms with Crippen LogP contribution in [0.2, 0.25) is 0 Å². The molecule has 0 aromatic heterocycles. The van der Waals surface area contributed by atoms with E-state index in [1.165, 1.54) is 7.11 Å². The molecule has 21 heavy (non-hydrogen) atoms. The van der Waals surface area contributed by atoms with Gasteiger partial charge in [-0.2, -0.15) is 0 Å². The van der Waals surface area contributed by atoms with Crippen LogP contribution in [-0.4, -0.2) is 18.2 Å². The van der Waals surface area contributed by atoms with Crippen LogP contribution >= 0.6 is 0 Å². The predicted molar refractivity (Wildman–Crippen MR) is 85.3 cm³/mol. The van der Waals surface area contributed by atoms with Crippen LogP contribution in [0.15, 0.2) is 24.3 Å². The van der Waals surface area contributed by atoms with Crippen molar-refractivity contribution in [2.45, 2.75) is 53.4 Å². The van der Waals surface area contributed by atoms with E-state index in [9.17, 15) is 9.90 Å². The molecule has 0 fully saturated rings. The second kappa shape index (κ2) is 5.70. The van der Waals surface area contributed by atoms with Crippen LogP contribution in [0, 0.1) is 10.8 Å². The van der Waals surface area contributed by atoms with Crippen molar-refractivity contribution >= 4 is 5.97 Å². The van der Waals surface area contributed by atoms with Crippen molar-refractivity contribution in [3.8, 4) is 5.75 Å². The Balaban J connectivity index is 3.59.